The summed E-state index contributed by atoms with van der Waals surface area (Å²) in [7, 11) is 0. The minimum absolute atomic E-state index is 0.133. The van der Waals surface area contributed by atoms with Crippen LogP contribution < -0.4 is 5.73 Å². The number of thiocarbonyl (C=S) groups is 1. The first-order valence-corrected chi connectivity index (χ1v) is 7.60. The van der Waals surface area contributed by atoms with Crippen molar-refractivity contribution in [1.82, 2.24) is 4.90 Å². The van der Waals surface area contributed by atoms with Crippen molar-refractivity contribution in [2.24, 2.45) is 5.73 Å². The van der Waals surface area contributed by atoms with Crippen LogP contribution >= 0.6 is 23.6 Å². The SMILES string of the molecule is NC(=S)CCN(C(=O)c1cccs1)C1CCCC1. The first-order chi connectivity index (χ1) is 8.68. The molecule has 0 aromatic carbocycles. The normalized spacial score (nSPS) is 15.8. The van der Waals surface area contributed by atoms with Crippen molar-refractivity contribution in [3.05, 3.63) is 22.4 Å². The van der Waals surface area contributed by atoms with E-state index < -0.39 is 0 Å². The van der Waals surface area contributed by atoms with E-state index in [0.29, 0.717) is 24.0 Å². The molecule has 0 unspecified atom stereocenters. The Labute approximate surface area is 117 Å². The summed E-state index contributed by atoms with van der Waals surface area (Å²) in [5.74, 6) is 0.133. The zero-order valence-electron chi connectivity index (χ0n) is 10.3. The van der Waals surface area contributed by atoms with Gasteiger partial charge < -0.3 is 10.6 Å². The van der Waals surface area contributed by atoms with Gasteiger partial charge in [-0.05, 0) is 24.3 Å². The van der Waals surface area contributed by atoms with Gasteiger partial charge in [-0.2, -0.15) is 0 Å². The molecule has 1 aliphatic rings. The molecule has 1 aliphatic carbocycles. The number of hydrogen-bond acceptors (Lipinski definition) is 3. The smallest absolute Gasteiger partial charge is 0.264 e. The van der Waals surface area contributed by atoms with Crippen molar-refractivity contribution < 1.29 is 4.79 Å². The number of amides is 1. The molecule has 1 fully saturated rings. The summed E-state index contributed by atoms with van der Waals surface area (Å²) in [6.45, 7) is 0.650. The summed E-state index contributed by atoms with van der Waals surface area (Å²) in [6.07, 6.45) is 5.25. The molecule has 5 heteroatoms. The van der Waals surface area contributed by atoms with Crippen LogP contribution in [0.1, 0.15) is 41.8 Å². The van der Waals surface area contributed by atoms with Crippen molar-refractivity contribution in [1.29, 1.82) is 0 Å². The zero-order valence-corrected chi connectivity index (χ0v) is 11.9. The second kappa shape index (κ2) is 6.29. The summed E-state index contributed by atoms with van der Waals surface area (Å²) in [5.41, 5.74) is 5.55. The van der Waals surface area contributed by atoms with Crippen molar-refractivity contribution in [3.63, 3.8) is 0 Å². The Balaban J connectivity index is 2.07. The second-order valence-corrected chi connectivity index (χ2v) is 6.10. The molecule has 0 aliphatic heterocycles. The molecule has 0 radical (unpaired) electrons. The van der Waals surface area contributed by atoms with Gasteiger partial charge in [0.1, 0.15) is 0 Å². The average molecular weight is 282 g/mol. The van der Waals surface area contributed by atoms with Crippen molar-refractivity contribution >= 4 is 34.5 Å². The van der Waals surface area contributed by atoms with Crippen molar-refractivity contribution in [3.8, 4) is 0 Å². The molecule has 3 nitrogen and oxygen atoms in total. The van der Waals surface area contributed by atoms with Gasteiger partial charge in [-0.25, -0.2) is 0 Å². The summed E-state index contributed by atoms with van der Waals surface area (Å²) < 4.78 is 0. The fourth-order valence-electron chi connectivity index (χ4n) is 2.44. The molecule has 18 heavy (non-hydrogen) atoms. The van der Waals surface area contributed by atoms with Crippen LogP contribution in [0.2, 0.25) is 0 Å². The molecule has 1 amide bonds. The lowest BCUT2D eigenvalue weighted by Crippen LogP contribution is -2.40. The molecule has 0 atom stereocenters. The van der Waals surface area contributed by atoms with Crippen LogP contribution in [0.15, 0.2) is 17.5 Å². The number of carbonyl (C=O) groups is 1. The van der Waals surface area contributed by atoms with Crippen LogP contribution in [-0.4, -0.2) is 28.4 Å². The molecule has 1 aromatic heterocycles. The number of nitrogens with zero attached hydrogens (tertiary/aromatic N) is 1. The van der Waals surface area contributed by atoms with Crippen LogP contribution in [0.25, 0.3) is 0 Å². The van der Waals surface area contributed by atoms with E-state index in [9.17, 15) is 4.79 Å². The lowest BCUT2D eigenvalue weighted by molar-refractivity contribution is 0.0693. The number of hydrogen-bond donors (Lipinski definition) is 1. The van der Waals surface area contributed by atoms with E-state index in [1.54, 1.807) is 0 Å². The van der Waals surface area contributed by atoms with Crippen molar-refractivity contribution in [2.75, 3.05) is 6.54 Å². The summed E-state index contributed by atoms with van der Waals surface area (Å²) >= 11 is 6.41. The number of nitrogens with two attached hydrogens (primary N) is 1. The first-order valence-electron chi connectivity index (χ1n) is 6.31. The van der Waals surface area contributed by atoms with Gasteiger partial charge in [-0.1, -0.05) is 31.1 Å². The lowest BCUT2D eigenvalue weighted by Gasteiger charge is -2.28. The average Bonchev–Trinajstić information content (AvgIpc) is 3.01. The molecule has 1 saturated carbocycles. The molecule has 0 saturated heterocycles. The van der Waals surface area contributed by atoms with E-state index in [4.69, 9.17) is 18.0 Å². The number of thiophene rings is 1. The van der Waals surface area contributed by atoms with E-state index in [0.717, 1.165) is 17.7 Å². The third-order valence-electron chi connectivity index (χ3n) is 3.36. The van der Waals surface area contributed by atoms with Gasteiger partial charge >= 0.3 is 0 Å². The fraction of sp³-hybridized carbons (Fsp3) is 0.538. The minimum Gasteiger partial charge on any atom is -0.393 e. The molecule has 2 N–H and O–H groups in total. The maximum Gasteiger partial charge on any atom is 0.264 e. The topological polar surface area (TPSA) is 46.3 Å². The molecule has 0 bridgehead atoms. The highest BCUT2D eigenvalue weighted by Crippen LogP contribution is 2.26. The molecule has 0 spiro atoms. The quantitative estimate of drug-likeness (QED) is 0.845. The van der Waals surface area contributed by atoms with Gasteiger partial charge in [0.15, 0.2) is 0 Å². The predicted octanol–water partition coefficient (Wildman–Crippen LogP) is 2.81. The summed E-state index contributed by atoms with van der Waals surface area (Å²) in [4.78, 5) is 15.7. The molecule has 98 valence electrons. The Morgan fingerprint density at radius 1 is 1.50 bits per heavy atom. The Morgan fingerprint density at radius 2 is 2.22 bits per heavy atom. The zero-order chi connectivity index (χ0) is 13.0. The minimum atomic E-state index is 0.133. The number of carbonyl (C=O) groups excluding carboxylic acids is 1. The molecule has 1 aromatic rings. The van der Waals surface area contributed by atoms with Crippen LogP contribution in [0.5, 0.6) is 0 Å². The van der Waals surface area contributed by atoms with E-state index in [2.05, 4.69) is 0 Å². The van der Waals surface area contributed by atoms with E-state index in [1.165, 1.54) is 24.2 Å². The third kappa shape index (κ3) is 3.29. The van der Waals surface area contributed by atoms with Crippen LogP contribution in [0, 0.1) is 0 Å². The maximum absolute atomic E-state index is 12.5. The first kappa shape index (κ1) is 13.5. The molecule has 1 heterocycles. The Morgan fingerprint density at radius 3 is 2.78 bits per heavy atom. The van der Waals surface area contributed by atoms with Gasteiger partial charge in [0, 0.05) is 19.0 Å². The van der Waals surface area contributed by atoms with E-state index in [-0.39, 0.29) is 5.91 Å². The lowest BCUT2D eigenvalue weighted by atomic mass is 10.2. The summed E-state index contributed by atoms with van der Waals surface area (Å²) in [6, 6.07) is 4.17. The Hall–Kier alpha value is -0.940. The second-order valence-electron chi connectivity index (χ2n) is 4.63. The highest BCUT2D eigenvalue weighted by atomic mass is 32.1. The van der Waals surface area contributed by atoms with Gasteiger partial charge in [0.05, 0.1) is 9.87 Å². The van der Waals surface area contributed by atoms with Crippen LogP contribution in [-0.2, 0) is 0 Å². The predicted molar refractivity (Wildman–Crippen MR) is 79.0 cm³/mol. The van der Waals surface area contributed by atoms with Gasteiger partial charge in [0.2, 0.25) is 0 Å². The Bertz CT molecular complexity index is 411. The molecular weight excluding hydrogens is 264 g/mol. The summed E-state index contributed by atoms with van der Waals surface area (Å²) in [5, 5.41) is 1.94. The third-order valence-corrected chi connectivity index (χ3v) is 4.42. The fourth-order valence-corrected chi connectivity index (χ4v) is 3.21. The van der Waals surface area contributed by atoms with Gasteiger partial charge in [-0.3, -0.25) is 4.79 Å². The van der Waals surface area contributed by atoms with E-state index >= 15 is 0 Å². The van der Waals surface area contributed by atoms with Gasteiger partial charge in [0.25, 0.3) is 5.91 Å². The van der Waals surface area contributed by atoms with Gasteiger partial charge in [-0.15, -0.1) is 11.3 Å². The van der Waals surface area contributed by atoms with Crippen LogP contribution in [0.4, 0.5) is 0 Å². The highest BCUT2D eigenvalue weighted by molar-refractivity contribution is 7.80. The maximum atomic E-state index is 12.5. The standard InChI is InChI=1S/C13H18N2OS2/c14-12(17)7-8-15(10-4-1-2-5-10)13(16)11-6-3-9-18-11/h3,6,9-10H,1-2,4-5,7-8H2,(H2,14,17). The molecular formula is C13H18N2OS2. The van der Waals surface area contributed by atoms with E-state index in [1.807, 2.05) is 22.4 Å². The highest BCUT2D eigenvalue weighted by Gasteiger charge is 2.27. The largest absolute Gasteiger partial charge is 0.393 e. The van der Waals surface area contributed by atoms with Crippen LogP contribution in [0.3, 0.4) is 0 Å². The molecule has 2 rings (SSSR count). The number of rotatable bonds is 5. The Kier molecular flexibility index (Phi) is 4.72. The van der Waals surface area contributed by atoms with Crippen molar-refractivity contribution in [2.45, 2.75) is 38.1 Å². The monoisotopic (exact) mass is 282 g/mol.